The molecule has 1 atom stereocenters. The van der Waals surface area contributed by atoms with E-state index in [2.05, 4.69) is 0 Å². The third-order valence-corrected chi connectivity index (χ3v) is 4.29. The molecule has 0 aromatic heterocycles. The lowest BCUT2D eigenvalue weighted by Crippen LogP contribution is -2.69. The molecular formula is C19H16F3N3O4. The summed E-state index contributed by atoms with van der Waals surface area (Å²) in [5.74, 6) is -2.50. The van der Waals surface area contributed by atoms with Gasteiger partial charge in [0.2, 0.25) is 5.91 Å². The van der Waals surface area contributed by atoms with E-state index in [4.69, 9.17) is 4.74 Å². The molecule has 1 unspecified atom stereocenters. The highest BCUT2D eigenvalue weighted by molar-refractivity contribution is 6.24. The van der Waals surface area contributed by atoms with E-state index in [0.29, 0.717) is 10.5 Å². The first-order chi connectivity index (χ1) is 13.7. The van der Waals surface area contributed by atoms with Gasteiger partial charge < -0.3 is 10.1 Å². The van der Waals surface area contributed by atoms with Gasteiger partial charge in [0.05, 0.1) is 19.2 Å². The summed E-state index contributed by atoms with van der Waals surface area (Å²) in [6.45, 7) is 0. The summed E-state index contributed by atoms with van der Waals surface area (Å²) in [6, 6.07) is 12.1. The zero-order valence-electron chi connectivity index (χ0n) is 15.1. The van der Waals surface area contributed by atoms with Gasteiger partial charge in [0, 0.05) is 6.07 Å². The van der Waals surface area contributed by atoms with E-state index in [-0.39, 0.29) is 11.4 Å². The molecule has 1 fully saturated rings. The lowest BCUT2D eigenvalue weighted by molar-refractivity contribution is -0.201. The number of amides is 4. The predicted molar refractivity (Wildman–Crippen MR) is 96.1 cm³/mol. The van der Waals surface area contributed by atoms with Gasteiger partial charge in [-0.05, 0) is 17.7 Å². The van der Waals surface area contributed by atoms with Crippen molar-refractivity contribution in [3.05, 3.63) is 60.2 Å². The number of methoxy groups -OCH3 is 1. The molecule has 0 spiro atoms. The van der Waals surface area contributed by atoms with Crippen LogP contribution in [-0.4, -0.2) is 36.8 Å². The van der Waals surface area contributed by atoms with Crippen LogP contribution in [0.2, 0.25) is 0 Å². The normalized spacial score (nSPS) is 19.1. The van der Waals surface area contributed by atoms with Crippen molar-refractivity contribution in [2.24, 2.45) is 0 Å². The van der Waals surface area contributed by atoms with Crippen molar-refractivity contribution in [1.29, 1.82) is 0 Å². The Morgan fingerprint density at radius 2 is 1.83 bits per heavy atom. The van der Waals surface area contributed by atoms with Crippen LogP contribution < -0.4 is 20.3 Å². The van der Waals surface area contributed by atoms with Crippen LogP contribution in [0.4, 0.5) is 23.7 Å². The molecule has 7 nitrogen and oxygen atoms in total. The summed E-state index contributed by atoms with van der Waals surface area (Å²) < 4.78 is 46.6. The zero-order chi connectivity index (χ0) is 21.2. The summed E-state index contributed by atoms with van der Waals surface area (Å²) >= 11 is 0. The van der Waals surface area contributed by atoms with Gasteiger partial charge in [0.25, 0.3) is 11.6 Å². The lowest BCUT2D eigenvalue weighted by atomic mass is 10.1. The summed E-state index contributed by atoms with van der Waals surface area (Å²) in [7, 11) is 1.33. The molecule has 1 aliphatic rings. The molecule has 4 amide bonds. The van der Waals surface area contributed by atoms with Crippen molar-refractivity contribution in [2.45, 2.75) is 18.3 Å². The first-order valence-corrected chi connectivity index (χ1v) is 8.40. The van der Waals surface area contributed by atoms with Crippen LogP contribution in [0.25, 0.3) is 0 Å². The highest BCUT2D eigenvalue weighted by atomic mass is 19.4. The molecule has 1 aliphatic heterocycles. The number of halogens is 3. The highest BCUT2D eigenvalue weighted by Crippen LogP contribution is 2.36. The Morgan fingerprint density at radius 1 is 1.14 bits per heavy atom. The fourth-order valence-electron chi connectivity index (χ4n) is 2.90. The van der Waals surface area contributed by atoms with Crippen molar-refractivity contribution in [1.82, 2.24) is 10.6 Å². The van der Waals surface area contributed by atoms with Crippen LogP contribution in [0.15, 0.2) is 54.6 Å². The van der Waals surface area contributed by atoms with Gasteiger partial charge in [-0.25, -0.2) is 9.69 Å². The molecule has 152 valence electrons. The Kier molecular flexibility index (Phi) is 5.19. The Morgan fingerprint density at radius 3 is 2.45 bits per heavy atom. The average molecular weight is 407 g/mol. The summed E-state index contributed by atoms with van der Waals surface area (Å²) in [5.41, 5.74) is -3.25. The average Bonchev–Trinajstić information content (AvgIpc) is 2.93. The second kappa shape index (κ2) is 7.46. The van der Waals surface area contributed by atoms with Crippen LogP contribution in [0.5, 0.6) is 5.75 Å². The molecule has 0 radical (unpaired) electrons. The lowest BCUT2D eigenvalue weighted by Gasteiger charge is -2.29. The zero-order valence-corrected chi connectivity index (χ0v) is 15.1. The van der Waals surface area contributed by atoms with Crippen LogP contribution in [-0.2, 0) is 16.0 Å². The molecular weight excluding hydrogens is 391 g/mol. The quantitative estimate of drug-likeness (QED) is 0.745. The van der Waals surface area contributed by atoms with Crippen molar-refractivity contribution >= 4 is 23.5 Å². The number of carbonyl (C=O) groups is 3. The minimum absolute atomic E-state index is 0.129. The fraction of sp³-hybridized carbons (Fsp3) is 0.211. The predicted octanol–water partition coefficient (Wildman–Crippen LogP) is 2.37. The molecule has 2 N–H and O–H groups in total. The number of nitrogens with one attached hydrogen (secondary N) is 2. The van der Waals surface area contributed by atoms with E-state index in [0.717, 1.165) is 0 Å². The van der Waals surface area contributed by atoms with Gasteiger partial charge in [-0.15, -0.1) is 0 Å². The Labute approximate surface area is 163 Å². The van der Waals surface area contributed by atoms with E-state index in [9.17, 15) is 27.6 Å². The number of imide groups is 1. The van der Waals surface area contributed by atoms with Gasteiger partial charge in [-0.3, -0.25) is 14.9 Å². The minimum Gasteiger partial charge on any atom is -0.497 e. The van der Waals surface area contributed by atoms with Gasteiger partial charge in [-0.2, -0.15) is 13.2 Å². The molecule has 10 heteroatoms. The second-order valence-corrected chi connectivity index (χ2v) is 6.23. The maximum atomic E-state index is 13.9. The molecule has 2 aromatic rings. The maximum Gasteiger partial charge on any atom is 0.440 e. The third-order valence-electron chi connectivity index (χ3n) is 4.29. The minimum atomic E-state index is -5.28. The van der Waals surface area contributed by atoms with Crippen molar-refractivity contribution in [3.8, 4) is 5.75 Å². The first-order valence-electron chi connectivity index (χ1n) is 8.40. The monoisotopic (exact) mass is 407 g/mol. The number of hydrogen-bond acceptors (Lipinski definition) is 4. The third kappa shape index (κ3) is 3.73. The van der Waals surface area contributed by atoms with Gasteiger partial charge >= 0.3 is 12.2 Å². The number of anilines is 1. The molecule has 29 heavy (non-hydrogen) atoms. The number of benzene rings is 2. The van der Waals surface area contributed by atoms with Gasteiger partial charge in [0.15, 0.2) is 0 Å². The molecule has 2 aromatic carbocycles. The van der Waals surface area contributed by atoms with Crippen LogP contribution >= 0.6 is 0 Å². The summed E-state index contributed by atoms with van der Waals surface area (Å²) in [6.07, 6.45) is -5.68. The Bertz CT molecular complexity index is 949. The summed E-state index contributed by atoms with van der Waals surface area (Å²) in [4.78, 5) is 37.6. The first kappa shape index (κ1) is 20.2. The number of rotatable bonds is 5. The molecule has 1 saturated heterocycles. The van der Waals surface area contributed by atoms with E-state index in [1.165, 1.54) is 31.4 Å². The Hall–Kier alpha value is -3.56. The number of hydrogen-bond donors (Lipinski definition) is 2. The van der Waals surface area contributed by atoms with E-state index in [1.54, 1.807) is 41.0 Å². The molecule has 0 bridgehead atoms. The standard InChI is InChI=1S/C19H16F3N3O4/c1-29-14-9-5-8-13(11-14)25-16(27)18(19(20,21)22,24-17(25)28)23-15(26)10-12-6-3-2-4-7-12/h2-9,11H,10H2,1H3,(H,23,26)(H,24,28). The molecule has 0 saturated carbocycles. The number of carbonyl (C=O) groups excluding carboxylic acids is 3. The molecule has 3 rings (SSSR count). The highest BCUT2D eigenvalue weighted by Gasteiger charge is 2.69. The SMILES string of the molecule is COc1cccc(N2C(=O)NC(NC(=O)Cc3ccccc3)(C(F)(F)F)C2=O)c1. The maximum absolute atomic E-state index is 13.9. The number of urea groups is 1. The number of ether oxygens (including phenoxy) is 1. The Balaban J connectivity index is 1.93. The number of nitrogens with zero attached hydrogens (tertiary/aromatic N) is 1. The topological polar surface area (TPSA) is 87.7 Å². The van der Waals surface area contributed by atoms with E-state index in [1.807, 2.05) is 0 Å². The van der Waals surface area contributed by atoms with Gasteiger partial charge in [0.1, 0.15) is 5.75 Å². The largest absolute Gasteiger partial charge is 0.497 e. The molecule has 1 heterocycles. The smallest absolute Gasteiger partial charge is 0.440 e. The van der Waals surface area contributed by atoms with Crippen LogP contribution in [0.1, 0.15) is 5.56 Å². The van der Waals surface area contributed by atoms with Crippen molar-refractivity contribution in [2.75, 3.05) is 12.0 Å². The van der Waals surface area contributed by atoms with Crippen molar-refractivity contribution in [3.63, 3.8) is 0 Å². The van der Waals surface area contributed by atoms with E-state index >= 15 is 0 Å². The second-order valence-electron chi connectivity index (χ2n) is 6.23. The van der Waals surface area contributed by atoms with Crippen molar-refractivity contribution < 1.29 is 32.3 Å². The van der Waals surface area contributed by atoms with E-state index < -0.39 is 36.1 Å². The summed E-state index contributed by atoms with van der Waals surface area (Å²) in [5, 5.41) is 3.27. The van der Waals surface area contributed by atoms with Gasteiger partial charge in [-0.1, -0.05) is 36.4 Å². The fourth-order valence-corrected chi connectivity index (χ4v) is 2.90. The molecule has 0 aliphatic carbocycles. The van der Waals surface area contributed by atoms with Crippen LogP contribution in [0.3, 0.4) is 0 Å². The number of alkyl halides is 3. The van der Waals surface area contributed by atoms with Crippen LogP contribution in [0, 0.1) is 0 Å².